The molecule has 1 aliphatic heterocycles. The summed E-state index contributed by atoms with van der Waals surface area (Å²) in [5.74, 6) is 0.101. The first-order valence-electron chi connectivity index (χ1n) is 12.1. The zero-order chi connectivity index (χ0) is 21.3. The highest BCUT2D eigenvalue weighted by Crippen LogP contribution is 2.58. The molecule has 2 saturated carbocycles. The minimum atomic E-state index is -0.321. The Labute approximate surface area is 185 Å². The molecule has 170 valence electrons. The average molecular weight is 439 g/mol. The van der Waals surface area contributed by atoms with Crippen LogP contribution in [0.1, 0.15) is 90.4 Å². The lowest BCUT2D eigenvalue weighted by Gasteiger charge is -2.26. The first kappa shape index (κ1) is 23.6. The largest absolute Gasteiger partial charge is 0.466 e. The van der Waals surface area contributed by atoms with Gasteiger partial charge in [0.15, 0.2) is 0 Å². The van der Waals surface area contributed by atoms with Gasteiger partial charge in [-0.3, -0.25) is 14.4 Å². The summed E-state index contributed by atoms with van der Waals surface area (Å²) in [5.41, 5.74) is 0. The third-order valence-corrected chi connectivity index (χ3v) is 8.50. The molecule has 1 heterocycles. The third-order valence-electron chi connectivity index (χ3n) is 7.09. The second kappa shape index (κ2) is 12.1. The lowest BCUT2D eigenvalue weighted by atomic mass is 9.81. The molecule has 3 rings (SSSR count). The Morgan fingerprint density at radius 3 is 2.27 bits per heavy atom. The Morgan fingerprint density at radius 1 is 0.933 bits per heavy atom. The van der Waals surface area contributed by atoms with Crippen LogP contribution in [0.2, 0.25) is 0 Å². The van der Waals surface area contributed by atoms with Gasteiger partial charge in [0.1, 0.15) is 0 Å². The molecule has 5 atom stereocenters. The van der Waals surface area contributed by atoms with Gasteiger partial charge < -0.3 is 9.47 Å². The molecule has 5 nitrogen and oxygen atoms in total. The monoisotopic (exact) mass is 438 g/mol. The third kappa shape index (κ3) is 6.24. The predicted molar refractivity (Wildman–Crippen MR) is 118 cm³/mol. The summed E-state index contributed by atoms with van der Waals surface area (Å²) in [4.78, 5) is 35.7. The molecule has 3 aliphatic rings. The summed E-state index contributed by atoms with van der Waals surface area (Å²) >= 11 is 1.77. The maximum absolute atomic E-state index is 12.0. The highest BCUT2D eigenvalue weighted by Gasteiger charge is 2.62. The molecule has 6 heteroatoms. The molecule has 2 bridgehead atoms. The molecule has 0 spiro atoms. The van der Waals surface area contributed by atoms with E-state index in [0.29, 0.717) is 24.2 Å². The van der Waals surface area contributed by atoms with E-state index < -0.39 is 0 Å². The van der Waals surface area contributed by atoms with Crippen LogP contribution in [0.15, 0.2) is 0 Å². The minimum absolute atomic E-state index is 0.116. The number of cyclic esters (lactones) is 2. The molecule has 0 N–H and O–H groups in total. The normalized spacial score (nSPS) is 29.3. The molecule has 2 aliphatic carbocycles. The summed E-state index contributed by atoms with van der Waals surface area (Å²) < 4.78 is 10.2. The Balaban J connectivity index is 1.16. The van der Waals surface area contributed by atoms with E-state index in [1.54, 1.807) is 11.8 Å². The lowest BCUT2D eigenvalue weighted by Crippen LogP contribution is -2.31. The van der Waals surface area contributed by atoms with Crippen molar-refractivity contribution in [3.05, 3.63) is 0 Å². The highest BCUT2D eigenvalue weighted by atomic mass is 32.2. The summed E-state index contributed by atoms with van der Waals surface area (Å²) in [6.07, 6.45) is 15.1. The van der Waals surface area contributed by atoms with Crippen LogP contribution < -0.4 is 0 Å². The number of fused-ring (bicyclic) bond motifs is 5. The van der Waals surface area contributed by atoms with Crippen LogP contribution >= 0.6 is 11.8 Å². The molecule has 30 heavy (non-hydrogen) atoms. The SMILES string of the molecule is CCCCCCCCCCCCOC(=O)CCSC1CC2CC1C1C(=O)OC(=O)C21. The van der Waals surface area contributed by atoms with Crippen molar-refractivity contribution >= 4 is 29.7 Å². The molecule has 0 aromatic rings. The van der Waals surface area contributed by atoms with Crippen molar-refractivity contribution in [2.45, 2.75) is 95.6 Å². The van der Waals surface area contributed by atoms with Gasteiger partial charge in [0.05, 0.1) is 24.9 Å². The average Bonchev–Trinajstić information content (AvgIpc) is 3.38. The first-order valence-corrected chi connectivity index (χ1v) is 13.2. The van der Waals surface area contributed by atoms with Gasteiger partial charge >= 0.3 is 17.9 Å². The van der Waals surface area contributed by atoms with Gasteiger partial charge in [0.2, 0.25) is 0 Å². The summed E-state index contributed by atoms with van der Waals surface area (Å²) in [7, 11) is 0. The van der Waals surface area contributed by atoms with Crippen LogP contribution in [0.5, 0.6) is 0 Å². The second-order valence-corrected chi connectivity index (χ2v) is 10.6. The summed E-state index contributed by atoms with van der Waals surface area (Å²) in [6, 6.07) is 0. The van der Waals surface area contributed by atoms with Gasteiger partial charge in [-0.2, -0.15) is 11.8 Å². The number of esters is 3. The van der Waals surface area contributed by atoms with Crippen LogP contribution in [-0.4, -0.2) is 35.5 Å². The number of hydrogen-bond donors (Lipinski definition) is 0. The van der Waals surface area contributed by atoms with Crippen molar-refractivity contribution in [3.63, 3.8) is 0 Å². The van der Waals surface area contributed by atoms with E-state index in [1.807, 2.05) is 0 Å². The molecule has 0 aromatic carbocycles. The molecule has 5 unspecified atom stereocenters. The molecule has 0 amide bonds. The molecule has 0 radical (unpaired) electrons. The first-order chi connectivity index (χ1) is 14.6. The number of ether oxygens (including phenoxy) is 2. The van der Waals surface area contributed by atoms with E-state index in [1.165, 1.54) is 51.4 Å². The lowest BCUT2D eigenvalue weighted by molar-refractivity contribution is -0.154. The van der Waals surface area contributed by atoms with Gasteiger partial charge in [-0.1, -0.05) is 64.7 Å². The standard InChI is InChI=1S/C24H38O5S/c1-2-3-4-5-6-7-8-9-10-11-13-28-20(25)12-14-30-19-16-17-15-18(19)22-21(17)23(26)29-24(22)27/h17-19,21-22H,2-16H2,1H3. The Morgan fingerprint density at radius 2 is 1.57 bits per heavy atom. The van der Waals surface area contributed by atoms with E-state index >= 15 is 0 Å². The number of unbranched alkanes of at least 4 members (excludes halogenated alkanes) is 9. The molecular weight excluding hydrogens is 400 g/mol. The van der Waals surface area contributed by atoms with E-state index in [2.05, 4.69) is 6.92 Å². The number of rotatable bonds is 15. The number of hydrogen-bond acceptors (Lipinski definition) is 6. The van der Waals surface area contributed by atoms with Crippen molar-refractivity contribution in [1.29, 1.82) is 0 Å². The quantitative estimate of drug-likeness (QED) is 0.196. The zero-order valence-electron chi connectivity index (χ0n) is 18.4. The second-order valence-electron chi connectivity index (χ2n) is 9.25. The Bertz CT molecular complexity index is 592. The Kier molecular flexibility index (Phi) is 9.54. The van der Waals surface area contributed by atoms with Gasteiger partial charge in [-0.05, 0) is 31.1 Å². The van der Waals surface area contributed by atoms with Gasteiger partial charge in [0, 0.05) is 11.0 Å². The predicted octanol–water partition coefficient (Wildman–Crippen LogP) is 5.30. The van der Waals surface area contributed by atoms with E-state index in [0.717, 1.165) is 31.4 Å². The molecular formula is C24H38O5S. The summed E-state index contributed by atoms with van der Waals surface area (Å²) in [6.45, 7) is 2.78. The van der Waals surface area contributed by atoms with Crippen molar-refractivity contribution < 1.29 is 23.9 Å². The maximum Gasteiger partial charge on any atom is 0.317 e. The van der Waals surface area contributed by atoms with Crippen molar-refractivity contribution in [3.8, 4) is 0 Å². The molecule has 0 aromatic heterocycles. The van der Waals surface area contributed by atoms with E-state index in [9.17, 15) is 14.4 Å². The van der Waals surface area contributed by atoms with Crippen LogP contribution in [0.4, 0.5) is 0 Å². The van der Waals surface area contributed by atoms with E-state index in [4.69, 9.17) is 9.47 Å². The molecule has 3 fully saturated rings. The smallest absolute Gasteiger partial charge is 0.317 e. The van der Waals surface area contributed by atoms with Crippen LogP contribution in [-0.2, 0) is 23.9 Å². The Hall–Kier alpha value is -1.04. The van der Waals surface area contributed by atoms with E-state index in [-0.39, 0.29) is 35.7 Å². The fourth-order valence-electron chi connectivity index (χ4n) is 5.53. The van der Waals surface area contributed by atoms with Crippen molar-refractivity contribution in [2.24, 2.45) is 23.7 Å². The van der Waals surface area contributed by atoms with Crippen molar-refractivity contribution in [2.75, 3.05) is 12.4 Å². The number of carbonyl (C=O) groups is 3. The molecule has 1 saturated heterocycles. The van der Waals surface area contributed by atoms with Gasteiger partial charge in [-0.25, -0.2) is 0 Å². The van der Waals surface area contributed by atoms with Gasteiger partial charge in [-0.15, -0.1) is 0 Å². The topological polar surface area (TPSA) is 69.7 Å². The zero-order valence-corrected chi connectivity index (χ0v) is 19.3. The maximum atomic E-state index is 12.0. The van der Waals surface area contributed by atoms with Crippen LogP contribution in [0.25, 0.3) is 0 Å². The number of thioether (sulfide) groups is 1. The summed E-state index contributed by atoms with van der Waals surface area (Å²) in [5, 5.41) is 0.365. The van der Waals surface area contributed by atoms with Crippen LogP contribution in [0.3, 0.4) is 0 Å². The fourth-order valence-corrected chi connectivity index (χ4v) is 7.03. The highest BCUT2D eigenvalue weighted by molar-refractivity contribution is 7.99. The van der Waals surface area contributed by atoms with Crippen LogP contribution in [0, 0.1) is 23.7 Å². The number of carbonyl (C=O) groups excluding carboxylic acids is 3. The fraction of sp³-hybridized carbons (Fsp3) is 0.875. The van der Waals surface area contributed by atoms with Gasteiger partial charge in [0.25, 0.3) is 0 Å². The van der Waals surface area contributed by atoms with Crippen molar-refractivity contribution in [1.82, 2.24) is 0 Å². The minimum Gasteiger partial charge on any atom is -0.466 e.